The number of carbonyl (C=O) groups is 1. The molecule has 30 heavy (non-hydrogen) atoms. The lowest BCUT2D eigenvalue weighted by molar-refractivity contribution is -0.384. The number of likely N-dealkylation sites (tertiary alicyclic amines) is 1. The van der Waals surface area contributed by atoms with Gasteiger partial charge in [-0.3, -0.25) is 19.8 Å². The van der Waals surface area contributed by atoms with Crippen LogP contribution in [0.3, 0.4) is 0 Å². The van der Waals surface area contributed by atoms with Crippen LogP contribution in [0.4, 0.5) is 5.69 Å². The van der Waals surface area contributed by atoms with Gasteiger partial charge in [-0.25, -0.2) is 4.98 Å². The van der Waals surface area contributed by atoms with Gasteiger partial charge in [0.1, 0.15) is 0 Å². The van der Waals surface area contributed by atoms with Crippen LogP contribution in [0, 0.1) is 16.0 Å². The molecule has 0 unspecified atom stereocenters. The lowest BCUT2D eigenvalue weighted by Gasteiger charge is -2.36. The van der Waals surface area contributed by atoms with E-state index in [-0.39, 0.29) is 29.4 Å². The largest absolute Gasteiger partial charge is 0.492 e. The topological polar surface area (TPSA) is 140 Å². The number of primary amides is 1. The van der Waals surface area contributed by atoms with Crippen LogP contribution < -0.4 is 5.73 Å². The van der Waals surface area contributed by atoms with Crippen molar-refractivity contribution in [2.24, 2.45) is 11.7 Å². The number of thiazole rings is 1. The Labute approximate surface area is 176 Å². The van der Waals surface area contributed by atoms with Crippen molar-refractivity contribution in [1.82, 2.24) is 19.5 Å². The summed E-state index contributed by atoms with van der Waals surface area (Å²) < 4.78 is 1.44. The zero-order valence-electron chi connectivity index (χ0n) is 16.4. The normalized spacial score (nSPS) is 16.7. The van der Waals surface area contributed by atoms with Gasteiger partial charge < -0.3 is 10.8 Å². The summed E-state index contributed by atoms with van der Waals surface area (Å²) in [5.41, 5.74) is 6.28. The maximum Gasteiger partial charge on any atom is 0.269 e. The van der Waals surface area contributed by atoms with Gasteiger partial charge in [0, 0.05) is 24.5 Å². The molecule has 0 spiro atoms. The summed E-state index contributed by atoms with van der Waals surface area (Å²) in [4.78, 5) is 30.0. The number of nitro benzene ring substituents is 1. The Kier molecular flexibility index (Phi) is 5.39. The second kappa shape index (κ2) is 8.00. The summed E-state index contributed by atoms with van der Waals surface area (Å²) in [5.74, 6) is 0.205. The number of nitro groups is 1. The van der Waals surface area contributed by atoms with Crippen LogP contribution in [-0.2, 0) is 11.2 Å². The molecule has 1 atom stereocenters. The number of rotatable bonds is 6. The van der Waals surface area contributed by atoms with Crippen molar-refractivity contribution < 1.29 is 14.8 Å². The number of hydrogen-bond acceptors (Lipinski definition) is 8. The Morgan fingerprint density at radius 3 is 2.57 bits per heavy atom. The molecule has 3 aromatic rings. The highest BCUT2D eigenvalue weighted by atomic mass is 32.1. The third-order valence-electron chi connectivity index (χ3n) is 5.52. The molecule has 1 aliphatic heterocycles. The minimum Gasteiger partial charge on any atom is -0.492 e. The fraction of sp³-hybridized carbons (Fsp3) is 0.421. The van der Waals surface area contributed by atoms with Crippen molar-refractivity contribution >= 4 is 27.9 Å². The van der Waals surface area contributed by atoms with E-state index >= 15 is 0 Å². The van der Waals surface area contributed by atoms with Gasteiger partial charge in [-0.1, -0.05) is 30.4 Å². The number of benzene rings is 1. The van der Waals surface area contributed by atoms with E-state index in [0.29, 0.717) is 48.0 Å². The Morgan fingerprint density at radius 2 is 2.03 bits per heavy atom. The molecule has 1 fully saturated rings. The molecule has 11 heteroatoms. The first-order valence-corrected chi connectivity index (χ1v) is 10.6. The standard InChI is InChI=1S/C19H22N6O4S/c1-2-14-21-19-24(22-14)18(27)16(30-19)15(11-3-5-13(6-4-11)25(28)29)23-9-7-12(8-10-23)17(20)26/h3-6,12,15,27H,2,7-10H2,1H3,(H2,20,26)/t15-/m1/s1. The summed E-state index contributed by atoms with van der Waals surface area (Å²) in [6, 6.07) is 5.99. The smallest absolute Gasteiger partial charge is 0.269 e. The Hall–Kier alpha value is -3.05. The third kappa shape index (κ3) is 3.61. The molecule has 1 saturated heterocycles. The molecular weight excluding hydrogens is 408 g/mol. The first-order chi connectivity index (χ1) is 14.4. The van der Waals surface area contributed by atoms with E-state index in [9.17, 15) is 20.0 Å². The molecule has 3 heterocycles. The minimum absolute atomic E-state index is 0.00407. The maximum absolute atomic E-state index is 11.6. The summed E-state index contributed by atoms with van der Waals surface area (Å²) >= 11 is 1.35. The number of aromatic nitrogens is 3. The van der Waals surface area contributed by atoms with Crippen molar-refractivity contribution in [3.05, 3.63) is 50.6 Å². The zero-order valence-corrected chi connectivity index (χ0v) is 17.2. The fourth-order valence-electron chi connectivity index (χ4n) is 3.87. The molecule has 0 saturated carbocycles. The Morgan fingerprint density at radius 1 is 1.37 bits per heavy atom. The molecule has 1 aromatic carbocycles. The van der Waals surface area contributed by atoms with Gasteiger partial charge in [-0.15, -0.1) is 5.10 Å². The maximum atomic E-state index is 11.6. The summed E-state index contributed by atoms with van der Waals surface area (Å²) in [6.07, 6.45) is 1.91. The second-order valence-corrected chi connectivity index (χ2v) is 8.34. The van der Waals surface area contributed by atoms with Crippen LogP contribution in [0.25, 0.3) is 4.96 Å². The van der Waals surface area contributed by atoms with Crippen LogP contribution in [0.5, 0.6) is 5.88 Å². The monoisotopic (exact) mass is 430 g/mol. The first kappa shape index (κ1) is 20.2. The van der Waals surface area contributed by atoms with Gasteiger partial charge >= 0.3 is 0 Å². The molecular formula is C19H22N6O4S. The van der Waals surface area contributed by atoms with Crippen LogP contribution in [0.2, 0.25) is 0 Å². The molecule has 3 N–H and O–H groups in total. The van der Waals surface area contributed by atoms with Crippen molar-refractivity contribution in [3.8, 4) is 5.88 Å². The van der Waals surface area contributed by atoms with Gasteiger partial charge in [0.15, 0.2) is 5.82 Å². The van der Waals surface area contributed by atoms with Crippen LogP contribution in [0.1, 0.15) is 42.1 Å². The van der Waals surface area contributed by atoms with E-state index < -0.39 is 4.92 Å². The number of nitrogens with zero attached hydrogens (tertiary/aromatic N) is 5. The lowest BCUT2D eigenvalue weighted by atomic mass is 9.93. The van der Waals surface area contributed by atoms with Gasteiger partial charge in [0.25, 0.3) is 5.69 Å². The number of piperidine rings is 1. The van der Waals surface area contributed by atoms with E-state index in [1.807, 2.05) is 6.92 Å². The lowest BCUT2D eigenvalue weighted by Crippen LogP contribution is -2.40. The molecule has 0 aliphatic carbocycles. The quantitative estimate of drug-likeness (QED) is 0.451. The molecule has 4 rings (SSSR count). The number of amides is 1. The van der Waals surface area contributed by atoms with Crippen molar-refractivity contribution in [1.29, 1.82) is 0 Å². The molecule has 1 aliphatic rings. The number of non-ortho nitro benzene ring substituents is 1. The average Bonchev–Trinajstić information content (AvgIpc) is 3.28. The minimum atomic E-state index is -0.440. The fourth-order valence-corrected chi connectivity index (χ4v) is 5.00. The van der Waals surface area contributed by atoms with E-state index in [4.69, 9.17) is 5.73 Å². The van der Waals surface area contributed by atoms with E-state index in [1.165, 1.54) is 28.0 Å². The van der Waals surface area contributed by atoms with Crippen LogP contribution in [-0.4, -0.2) is 48.5 Å². The van der Waals surface area contributed by atoms with Crippen molar-refractivity contribution in [3.63, 3.8) is 0 Å². The summed E-state index contributed by atoms with van der Waals surface area (Å²) in [6.45, 7) is 3.17. The number of nitrogens with two attached hydrogens (primary N) is 1. The number of aryl methyl sites for hydroxylation is 1. The zero-order chi connectivity index (χ0) is 21.4. The highest BCUT2D eigenvalue weighted by Crippen LogP contribution is 2.41. The highest BCUT2D eigenvalue weighted by molar-refractivity contribution is 7.17. The summed E-state index contributed by atoms with van der Waals surface area (Å²) in [7, 11) is 0. The molecule has 158 valence electrons. The van der Waals surface area contributed by atoms with Gasteiger partial charge in [0.05, 0.1) is 15.8 Å². The van der Waals surface area contributed by atoms with Gasteiger partial charge in [-0.05, 0) is 31.5 Å². The SMILES string of the molecule is CCc1nc2sc([C@@H](c3ccc([N+](=O)[O-])cc3)N3CCC(C(N)=O)CC3)c(O)n2n1. The number of hydrogen-bond donors (Lipinski definition) is 2. The van der Waals surface area contributed by atoms with Gasteiger partial charge in [0.2, 0.25) is 16.7 Å². The third-order valence-corrected chi connectivity index (χ3v) is 6.60. The molecule has 2 aromatic heterocycles. The van der Waals surface area contributed by atoms with E-state index in [0.717, 1.165) is 5.56 Å². The van der Waals surface area contributed by atoms with Gasteiger partial charge in [-0.2, -0.15) is 4.52 Å². The van der Waals surface area contributed by atoms with E-state index in [1.54, 1.807) is 12.1 Å². The second-order valence-electron chi connectivity index (χ2n) is 7.33. The van der Waals surface area contributed by atoms with Crippen LogP contribution in [0.15, 0.2) is 24.3 Å². The predicted octanol–water partition coefficient (Wildman–Crippen LogP) is 2.25. The molecule has 10 nitrogen and oxygen atoms in total. The van der Waals surface area contributed by atoms with Crippen molar-refractivity contribution in [2.75, 3.05) is 13.1 Å². The molecule has 1 amide bonds. The molecule has 0 bridgehead atoms. The van der Waals surface area contributed by atoms with Crippen molar-refractivity contribution in [2.45, 2.75) is 32.2 Å². The molecule has 0 radical (unpaired) electrons. The van der Waals surface area contributed by atoms with E-state index in [2.05, 4.69) is 15.0 Å². The average molecular weight is 430 g/mol. The number of aromatic hydroxyl groups is 1. The predicted molar refractivity (Wildman–Crippen MR) is 110 cm³/mol. The number of fused-ring (bicyclic) bond motifs is 1. The Balaban J connectivity index is 1.74. The first-order valence-electron chi connectivity index (χ1n) is 9.74. The number of carbonyl (C=O) groups excluding carboxylic acids is 1. The Bertz CT molecular complexity index is 1080. The highest BCUT2D eigenvalue weighted by Gasteiger charge is 2.33. The van der Waals surface area contributed by atoms with Crippen LogP contribution >= 0.6 is 11.3 Å². The summed E-state index contributed by atoms with van der Waals surface area (Å²) in [5, 5.41) is 26.3.